The number of hydrogen-bond acceptors (Lipinski definition) is 7. The molecule has 0 spiro atoms. The number of nitrogens with one attached hydrogen (secondary N) is 3. The van der Waals surface area contributed by atoms with Crippen molar-refractivity contribution in [3.63, 3.8) is 0 Å². The van der Waals surface area contributed by atoms with Gasteiger partial charge in [0.05, 0.1) is 16.8 Å². The Labute approximate surface area is 166 Å². The summed E-state index contributed by atoms with van der Waals surface area (Å²) < 4.78 is 40.7. The lowest BCUT2D eigenvalue weighted by Crippen LogP contribution is -2.32. The van der Waals surface area contributed by atoms with E-state index in [4.69, 9.17) is 5.11 Å². The zero-order valence-electron chi connectivity index (χ0n) is 14.7. The number of anilines is 2. The minimum atomic E-state index is -1.22. The van der Waals surface area contributed by atoms with E-state index in [1.807, 2.05) is 0 Å². The zero-order valence-corrected chi connectivity index (χ0v) is 15.6. The second-order valence-electron chi connectivity index (χ2n) is 5.86. The third-order valence-corrected chi connectivity index (χ3v) is 4.71. The number of thiazole rings is 1. The molecule has 0 saturated carbocycles. The number of fused-ring (bicyclic) bond motifs is 1. The molecule has 0 aliphatic heterocycles. The minimum Gasteiger partial charge on any atom is -0.393 e. The van der Waals surface area contributed by atoms with Gasteiger partial charge in [0.2, 0.25) is 0 Å². The van der Waals surface area contributed by atoms with Crippen molar-refractivity contribution in [2.75, 3.05) is 30.3 Å². The molecular weight excluding hydrogens is 411 g/mol. The van der Waals surface area contributed by atoms with Crippen molar-refractivity contribution in [1.29, 1.82) is 0 Å². The van der Waals surface area contributed by atoms with Crippen molar-refractivity contribution in [1.82, 2.24) is 15.3 Å². The summed E-state index contributed by atoms with van der Waals surface area (Å²) in [6.45, 7) is -0.289. The lowest BCUT2D eigenvalue weighted by molar-refractivity contribution is 0.0951. The van der Waals surface area contributed by atoms with Gasteiger partial charge in [-0.25, -0.2) is 27.9 Å². The van der Waals surface area contributed by atoms with Gasteiger partial charge in [-0.05, 0) is 12.1 Å². The molecule has 12 heteroatoms. The molecule has 0 aliphatic rings. The number of halogens is 3. The van der Waals surface area contributed by atoms with E-state index in [2.05, 4.69) is 25.9 Å². The summed E-state index contributed by atoms with van der Waals surface area (Å²) in [5.74, 6) is -2.81. The van der Waals surface area contributed by atoms with Gasteiger partial charge in [-0.3, -0.25) is 5.32 Å². The molecule has 0 unspecified atom stereocenters. The van der Waals surface area contributed by atoms with Gasteiger partial charge in [-0.2, -0.15) is 0 Å². The summed E-state index contributed by atoms with van der Waals surface area (Å²) in [6, 6.07) is 2.40. The predicted octanol–water partition coefficient (Wildman–Crippen LogP) is 2.37. The molecule has 0 fully saturated rings. The fourth-order valence-corrected chi connectivity index (χ4v) is 3.21. The molecule has 0 bridgehead atoms. The van der Waals surface area contributed by atoms with Crippen molar-refractivity contribution in [2.24, 2.45) is 0 Å². The van der Waals surface area contributed by atoms with Crippen LogP contribution in [-0.2, 0) is 0 Å². The van der Waals surface area contributed by atoms with Crippen LogP contribution in [0.15, 0.2) is 24.4 Å². The monoisotopic (exact) mass is 427 g/mol. The smallest absolute Gasteiger partial charge is 0.321 e. The van der Waals surface area contributed by atoms with Crippen LogP contribution in [0.1, 0.15) is 11.7 Å². The third-order valence-electron chi connectivity index (χ3n) is 3.77. The topological polar surface area (TPSA) is 119 Å². The van der Waals surface area contributed by atoms with E-state index >= 15 is 0 Å². The van der Waals surface area contributed by atoms with Crippen molar-refractivity contribution >= 4 is 38.5 Å². The van der Waals surface area contributed by atoms with Crippen LogP contribution in [0.25, 0.3) is 10.2 Å². The Morgan fingerprint density at radius 2 is 1.90 bits per heavy atom. The number of aromatic nitrogens is 2. The molecular formula is C17H16F3N5O3S. The van der Waals surface area contributed by atoms with Crippen molar-refractivity contribution in [3.8, 4) is 0 Å². The first-order valence-electron chi connectivity index (χ1n) is 8.36. The van der Waals surface area contributed by atoms with Crippen LogP contribution in [0.5, 0.6) is 0 Å². The number of pyridine rings is 1. The summed E-state index contributed by atoms with van der Waals surface area (Å²) in [6.07, 6.45) is 0.0116. The Kier molecular flexibility index (Phi) is 6.46. The molecule has 0 aliphatic carbocycles. The number of nitrogens with zero attached hydrogens (tertiary/aromatic N) is 2. The fraction of sp³-hybridized carbons (Fsp3) is 0.235. The van der Waals surface area contributed by atoms with Crippen LogP contribution in [0.4, 0.5) is 28.9 Å². The molecule has 1 atom stereocenters. The number of rotatable bonds is 7. The first kappa shape index (κ1) is 20.8. The Balaban J connectivity index is 1.48. The summed E-state index contributed by atoms with van der Waals surface area (Å²) in [5, 5.41) is 26.1. The quantitative estimate of drug-likeness (QED) is 0.370. The highest BCUT2D eigenvalue weighted by atomic mass is 32.1. The lowest BCUT2D eigenvalue weighted by atomic mass is 10.2. The van der Waals surface area contributed by atoms with Crippen LogP contribution < -0.4 is 16.0 Å². The average molecular weight is 427 g/mol. The summed E-state index contributed by atoms with van der Waals surface area (Å²) in [5.41, 5.74) is 0.367. The molecule has 1 aromatic carbocycles. The largest absolute Gasteiger partial charge is 0.393 e. The first-order chi connectivity index (χ1) is 13.9. The first-order valence-corrected chi connectivity index (χ1v) is 9.17. The van der Waals surface area contributed by atoms with Crippen LogP contribution in [-0.4, -0.2) is 45.9 Å². The number of aliphatic hydroxyl groups excluding tert-OH is 2. The van der Waals surface area contributed by atoms with Gasteiger partial charge in [-0.1, -0.05) is 11.3 Å². The maximum Gasteiger partial charge on any atom is 0.321 e. The molecule has 29 heavy (non-hydrogen) atoms. The van der Waals surface area contributed by atoms with Crippen LogP contribution in [0, 0.1) is 17.5 Å². The number of urea groups is 1. The fourth-order valence-electron chi connectivity index (χ4n) is 2.35. The van der Waals surface area contributed by atoms with E-state index in [-0.39, 0.29) is 35.1 Å². The number of aliphatic hydroxyl groups is 2. The van der Waals surface area contributed by atoms with Crippen LogP contribution in [0.3, 0.4) is 0 Å². The molecule has 2 heterocycles. The van der Waals surface area contributed by atoms with Crippen LogP contribution >= 0.6 is 11.3 Å². The van der Waals surface area contributed by atoms with E-state index in [0.29, 0.717) is 4.70 Å². The van der Waals surface area contributed by atoms with E-state index in [1.165, 1.54) is 6.20 Å². The third kappa shape index (κ3) is 5.10. The van der Waals surface area contributed by atoms with E-state index in [0.717, 1.165) is 29.5 Å². The maximum atomic E-state index is 13.9. The normalized spacial score (nSPS) is 12.0. The van der Waals surface area contributed by atoms with Crippen molar-refractivity contribution in [2.45, 2.75) is 6.10 Å². The average Bonchev–Trinajstić information content (AvgIpc) is 3.06. The maximum absolute atomic E-state index is 13.9. The Morgan fingerprint density at radius 1 is 1.14 bits per heavy atom. The SMILES string of the molecule is O=C(NCCNc1ncc([C@H](O)CO)cc1F)Nc1nc2cc(F)c(F)cc2s1. The minimum absolute atomic E-state index is 0.0728. The lowest BCUT2D eigenvalue weighted by Gasteiger charge is -2.11. The van der Waals surface area contributed by atoms with E-state index in [1.54, 1.807) is 0 Å². The molecule has 0 radical (unpaired) electrons. The molecule has 0 saturated heterocycles. The Bertz CT molecular complexity index is 994. The molecule has 3 aromatic rings. The Hall–Kier alpha value is -2.96. The number of hydrogen-bond donors (Lipinski definition) is 5. The molecule has 8 nitrogen and oxygen atoms in total. The second kappa shape index (κ2) is 9.03. The molecule has 154 valence electrons. The standard InChI is InChI=1S/C17H16F3N5O3S/c18-9-4-12-14(5-10(9)19)29-17(24-12)25-16(28)22-2-1-21-15-11(20)3-8(6-23-15)13(27)7-26/h3-6,13,26-27H,1-2,7H2,(H,21,23)(H2,22,24,25,28)/t13-/m1/s1. The molecule has 3 rings (SSSR count). The molecule has 2 amide bonds. The van der Waals surface area contributed by atoms with Gasteiger partial charge >= 0.3 is 6.03 Å². The highest BCUT2D eigenvalue weighted by molar-refractivity contribution is 7.22. The predicted molar refractivity (Wildman–Crippen MR) is 101 cm³/mol. The van der Waals surface area contributed by atoms with E-state index < -0.39 is 36.2 Å². The zero-order chi connectivity index (χ0) is 21.0. The summed E-state index contributed by atoms with van der Waals surface area (Å²) in [7, 11) is 0. The number of benzene rings is 1. The van der Waals surface area contributed by atoms with Gasteiger partial charge in [0.1, 0.15) is 6.10 Å². The number of carbonyl (C=O) groups excluding carboxylic acids is 1. The molecule has 2 aromatic heterocycles. The number of carbonyl (C=O) groups is 1. The van der Waals surface area contributed by atoms with Crippen molar-refractivity contribution < 1.29 is 28.2 Å². The van der Waals surface area contributed by atoms with Gasteiger partial charge in [-0.15, -0.1) is 0 Å². The highest BCUT2D eigenvalue weighted by Crippen LogP contribution is 2.27. The second-order valence-corrected chi connectivity index (χ2v) is 6.89. The number of amides is 2. The van der Waals surface area contributed by atoms with Crippen LogP contribution in [0.2, 0.25) is 0 Å². The van der Waals surface area contributed by atoms with Gasteiger partial charge in [0, 0.05) is 30.9 Å². The van der Waals surface area contributed by atoms with Gasteiger partial charge in [0.25, 0.3) is 0 Å². The summed E-state index contributed by atoms with van der Waals surface area (Å²) >= 11 is 0.989. The highest BCUT2D eigenvalue weighted by Gasteiger charge is 2.12. The van der Waals surface area contributed by atoms with E-state index in [9.17, 15) is 23.1 Å². The molecule has 5 N–H and O–H groups in total. The Morgan fingerprint density at radius 3 is 2.62 bits per heavy atom. The van der Waals surface area contributed by atoms with Gasteiger partial charge < -0.3 is 20.8 Å². The van der Waals surface area contributed by atoms with Gasteiger partial charge in [0.15, 0.2) is 28.4 Å². The van der Waals surface area contributed by atoms with Crippen molar-refractivity contribution in [3.05, 3.63) is 47.4 Å². The summed E-state index contributed by atoms with van der Waals surface area (Å²) in [4.78, 5) is 19.7.